The Labute approximate surface area is 158 Å². The Morgan fingerprint density at radius 2 is 1.54 bits per heavy atom. The molecule has 144 valence electrons. The second kappa shape index (κ2) is 6.89. The van der Waals surface area contributed by atoms with E-state index in [2.05, 4.69) is 0 Å². The Morgan fingerprint density at radius 1 is 1.08 bits per heavy atom. The fourth-order valence-corrected chi connectivity index (χ4v) is 2.63. The average molecular weight is 361 g/mol. The van der Waals surface area contributed by atoms with Crippen molar-refractivity contribution in [1.29, 1.82) is 0 Å². The van der Waals surface area contributed by atoms with Gasteiger partial charge in [-0.3, -0.25) is 0 Å². The van der Waals surface area contributed by atoms with Crippen molar-refractivity contribution in [2.75, 3.05) is 7.05 Å². The summed E-state index contributed by atoms with van der Waals surface area (Å²) in [5.74, 6) is 0. The van der Waals surface area contributed by atoms with Gasteiger partial charge in [-0.2, -0.15) is 0 Å². The molecule has 0 spiro atoms. The molecule has 6 heteroatoms. The van der Waals surface area contributed by atoms with Crippen molar-refractivity contribution in [3.63, 3.8) is 0 Å². The number of rotatable bonds is 3. The highest BCUT2D eigenvalue weighted by atomic mass is 16.7. The maximum Gasteiger partial charge on any atom is 0.494 e. The molecule has 2 rings (SSSR count). The zero-order chi connectivity index (χ0) is 19.9. The molecule has 1 heterocycles. The van der Waals surface area contributed by atoms with Gasteiger partial charge in [-0.25, -0.2) is 4.79 Å². The van der Waals surface area contributed by atoms with Crippen LogP contribution in [-0.4, -0.2) is 42.0 Å². The summed E-state index contributed by atoms with van der Waals surface area (Å²) in [4.78, 5) is 13.9. The Bertz CT molecular complexity index is 633. The normalized spacial score (nSPS) is 20.0. The largest absolute Gasteiger partial charge is 0.494 e. The number of nitrogens with zero attached hydrogens (tertiary/aromatic N) is 1. The summed E-state index contributed by atoms with van der Waals surface area (Å²) in [5, 5.41) is 0. The minimum absolute atomic E-state index is 0.0998. The highest BCUT2D eigenvalue weighted by Gasteiger charge is 2.51. The molecule has 0 N–H and O–H groups in total. The SMILES string of the molecule is C[C@H](c1ccc(B2OC(C)(C)C(C)(C)O2)cc1)N(C)C(=O)OC(C)(C)C. The van der Waals surface area contributed by atoms with Gasteiger partial charge in [-0.05, 0) is 66.4 Å². The van der Waals surface area contributed by atoms with Gasteiger partial charge in [-0.1, -0.05) is 24.3 Å². The topological polar surface area (TPSA) is 48.0 Å². The molecule has 26 heavy (non-hydrogen) atoms. The molecule has 1 amide bonds. The molecule has 1 fully saturated rings. The lowest BCUT2D eigenvalue weighted by atomic mass is 9.78. The highest BCUT2D eigenvalue weighted by Crippen LogP contribution is 2.36. The van der Waals surface area contributed by atoms with Crippen LogP contribution < -0.4 is 5.46 Å². The highest BCUT2D eigenvalue weighted by molar-refractivity contribution is 6.62. The van der Waals surface area contributed by atoms with Crippen LogP contribution in [0.15, 0.2) is 24.3 Å². The van der Waals surface area contributed by atoms with Crippen molar-refractivity contribution in [2.24, 2.45) is 0 Å². The average Bonchev–Trinajstić information content (AvgIpc) is 2.72. The van der Waals surface area contributed by atoms with Gasteiger partial charge in [0.15, 0.2) is 0 Å². The lowest BCUT2D eigenvalue weighted by Gasteiger charge is -2.32. The van der Waals surface area contributed by atoms with Crippen molar-refractivity contribution in [2.45, 2.75) is 78.2 Å². The lowest BCUT2D eigenvalue weighted by molar-refractivity contribution is 0.00578. The van der Waals surface area contributed by atoms with Gasteiger partial charge in [0, 0.05) is 7.05 Å². The van der Waals surface area contributed by atoms with Crippen LogP contribution in [0, 0.1) is 0 Å². The maximum atomic E-state index is 12.3. The number of carbonyl (C=O) groups excluding carboxylic acids is 1. The first-order valence-electron chi connectivity index (χ1n) is 9.15. The number of hydrogen-bond acceptors (Lipinski definition) is 4. The molecule has 1 aromatic carbocycles. The Hall–Kier alpha value is -1.53. The van der Waals surface area contributed by atoms with Crippen LogP contribution in [0.4, 0.5) is 4.79 Å². The van der Waals surface area contributed by atoms with Crippen LogP contribution in [0.3, 0.4) is 0 Å². The lowest BCUT2D eigenvalue weighted by Crippen LogP contribution is -2.41. The van der Waals surface area contributed by atoms with Crippen molar-refractivity contribution >= 4 is 18.7 Å². The van der Waals surface area contributed by atoms with Gasteiger partial charge in [0.1, 0.15) is 5.60 Å². The summed E-state index contributed by atoms with van der Waals surface area (Å²) in [7, 11) is 1.37. The summed E-state index contributed by atoms with van der Waals surface area (Å²) in [6.07, 6.45) is -0.333. The van der Waals surface area contributed by atoms with E-state index in [9.17, 15) is 4.79 Å². The fourth-order valence-electron chi connectivity index (χ4n) is 2.63. The molecule has 0 aromatic heterocycles. The third-order valence-corrected chi connectivity index (χ3v) is 5.21. The number of amides is 1. The Kier molecular flexibility index (Phi) is 5.51. The molecule has 1 saturated heterocycles. The maximum absolute atomic E-state index is 12.3. The second-order valence-corrected chi connectivity index (χ2v) is 9.02. The zero-order valence-corrected chi connectivity index (χ0v) is 17.5. The number of benzene rings is 1. The molecular formula is C20H32BNO4. The first-order valence-corrected chi connectivity index (χ1v) is 9.15. The van der Waals surface area contributed by atoms with Crippen LogP contribution in [-0.2, 0) is 14.0 Å². The molecule has 1 aromatic rings. The second-order valence-electron chi connectivity index (χ2n) is 9.02. The first kappa shape index (κ1) is 20.8. The molecule has 1 aliphatic heterocycles. The zero-order valence-electron chi connectivity index (χ0n) is 17.5. The van der Waals surface area contributed by atoms with Gasteiger partial charge >= 0.3 is 13.2 Å². The summed E-state index contributed by atoms with van der Waals surface area (Å²) < 4.78 is 17.6. The van der Waals surface area contributed by atoms with Crippen LogP contribution in [0.1, 0.15) is 67.0 Å². The van der Waals surface area contributed by atoms with Crippen LogP contribution in [0.2, 0.25) is 0 Å². The van der Waals surface area contributed by atoms with Gasteiger partial charge in [0.2, 0.25) is 0 Å². The van der Waals surface area contributed by atoms with Gasteiger partial charge in [0.25, 0.3) is 0 Å². The summed E-state index contributed by atoms with van der Waals surface area (Å²) in [5.41, 5.74) is 0.769. The third-order valence-electron chi connectivity index (χ3n) is 5.21. The molecule has 0 radical (unpaired) electrons. The molecule has 0 saturated carbocycles. The minimum atomic E-state index is -0.508. The van der Waals surface area contributed by atoms with E-state index < -0.39 is 5.60 Å². The van der Waals surface area contributed by atoms with Crippen LogP contribution >= 0.6 is 0 Å². The van der Waals surface area contributed by atoms with Crippen LogP contribution in [0.5, 0.6) is 0 Å². The van der Waals surface area contributed by atoms with Gasteiger partial charge < -0.3 is 18.9 Å². The van der Waals surface area contributed by atoms with Crippen molar-refractivity contribution in [3.05, 3.63) is 29.8 Å². The van der Waals surface area contributed by atoms with Crippen molar-refractivity contribution in [1.82, 2.24) is 4.90 Å². The van der Waals surface area contributed by atoms with Crippen molar-refractivity contribution in [3.8, 4) is 0 Å². The number of ether oxygens (including phenoxy) is 1. The third kappa shape index (κ3) is 4.41. The molecule has 5 nitrogen and oxygen atoms in total. The van der Waals surface area contributed by atoms with E-state index in [1.54, 1.807) is 11.9 Å². The van der Waals surface area contributed by atoms with E-state index in [1.807, 2.05) is 79.7 Å². The van der Waals surface area contributed by atoms with E-state index in [-0.39, 0.29) is 30.5 Å². The summed E-state index contributed by atoms with van der Waals surface area (Å²) >= 11 is 0. The quantitative estimate of drug-likeness (QED) is 0.766. The molecular weight excluding hydrogens is 329 g/mol. The molecule has 1 atom stereocenters. The summed E-state index contributed by atoms with van der Waals surface area (Å²) in [6.45, 7) is 15.7. The van der Waals surface area contributed by atoms with E-state index in [0.29, 0.717) is 0 Å². The Balaban J connectivity index is 2.09. The van der Waals surface area contributed by atoms with E-state index in [1.165, 1.54) is 0 Å². The van der Waals surface area contributed by atoms with Crippen molar-refractivity contribution < 1.29 is 18.8 Å². The molecule has 0 unspecified atom stereocenters. The number of carbonyl (C=O) groups is 1. The first-order chi connectivity index (χ1) is 11.7. The fraction of sp³-hybridized carbons (Fsp3) is 0.650. The van der Waals surface area contributed by atoms with E-state index >= 15 is 0 Å². The van der Waals surface area contributed by atoms with Gasteiger partial charge in [-0.15, -0.1) is 0 Å². The monoisotopic (exact) mass is 361 g/mol. The smallest absolute Gasteiger partial charge is 0.444 e. The molecule has 0 aliphatic carbocycles. The molecule has 0 bridgehead atoms. The number of hydrogen-bond donors (Lipinski definition) is 0. The van der Waals surface area contributed by atoms with Crippen LogP contribution in [0.25, 0.3) is 0 Å². The Morgan fingerprint density at radius 3 is 1.96 bits per heavy atom. The molecule has 1 aliphatic rings. The van der Waals surface area contributed by atoms with E-state index in [4.69, 9.17) is 14.0 Å². The predicted molar refractivity (Wildman–Crippen MR) is 105 cm³/mol. The predicted octanol–water partition coefficient (Wildman–Crippen LogP) is 3.91. The summed E-state index contributed by atoms with van der Waals surface area (Å²) in [6, 6.07) is 7.91. The van der Waals surface area contributed by atoms with E-state index in [0.717, 1.165) is 11.0 Å². The standard InChI is InChI=1S/C20H32BNO4/c1-14(22(9)17(23)24-18(2,3)4)15-10-12-16(13-11-15)21-25-19(5,6)20(7,8)26-21/h10-14H,1-9H3/t14-/m1/s1. The van der Waals surface area contributed by atoms with Gasteiger partial charge in [0.05, 0.1) is 17.2 Å². The minimum Gasteiger partial charge on any atom is -0.444 e.